The van der Waals surface area contributed by atoms with Crippen molar-refractivity contribution in [3.63, 3.8) is 0 Å². The maximum Gasteiger partial charge on any atom is 0.449 e. The van der Waals surface area contributed by atoms with E-state index >= 15 is 0 Å². The predicted molar refractivity (Wildman–Crippen MR) is 57.5 cm³/mol. The third-order valence-electron chi connectivity index (χ3n) is 1.75. The van der Waals surface area contributed by atoms with Gasteiger partial charge < -0.3 is 14.2 Å². The molecule has 0 aromatic heterocycles. The van der Waals surface area contributed by atoms with E-state index < -0.39 is 23.9 Å². The summed E-state index contributed by atoms with van der Waals surface area (Å²) in [6.45, 7) is 6.48. The van der Waals surface area contributed by atoms with Crippen molar-refractivity contribution in [3.8, 4) is 0 Å². The summed E-state index contributed by atoms with van der Waals surface area (Å²) in [5.74, 6) is -4.34. The highest BCUT2D eigenvalue weighted by Gasteiger charge is 2.43. The van der Waals surface area contributed by atoms with Gasteiger partial charge in [-0.3, -0.25) is 14.4 Å². The van der Waals surface area contributed by atoms with Crippen LogP contribution in [0.3, 0.4) is 0 Å². The number of rotatable bonds is 4. The minimum absolute atomic E-state index is 0.276. The van der Waals surface area contributed by atoms with Gasteiger partial charge in [0.25, 0.3) is 0 Å². The molecule has 0 heterocycles. The number of hydrogen-bond acceptors (Lipinski definition) is 6. The Morgan fingerprint density at radius 1 is 0.824 bits per heavy atom. The molecule has 0 saturated heterocycles. The van der Waals surface area contributed by atoms with Crippen LogP contribution >= 0.6 is 0 Å². The van der Waals surface area contributed by atoms with Gasteiger partial charge in [0.15, 0.2) is 0 Å². The minimum Gasteiger partial charge on any atom is -0.385 e. The van der Waals surface area contributed by atoms with E-state index in [2.05, 4.69) is 0 Å². The smallest absolute Gasteiger partial charge is 0.385 e. The molecule has 0 unspecified atom stereocenters. The quantitative estimate of drug-likeness (QED) is 0.421. The zero-order valence-electron chi connectivity index (χ0n) is 10.5. The molecule has 0 atom stereocenters. The summed E-state index contributed by atoms with van der Waals surface area (Å²) in [6, 6.07) is 0. The van der Waals surface area contributed by atoms with Crippen molar-refractivity contribution in [1.82, 2.24) is 0 Å². The molecule has 0 bridgehead atoms. The van der Waals surface area contributed by atoms with E-state index in [1.54, 1.807) is 6.92 Å². The zero-order chi connectivity index (χ0) is 13.6. The summed E-state index contributed by atoms with van der Waals surface area (Å²) < 4.78 is 14.5. The number of carbonyl (C=O) groups is 3. The second-order valence-corrected chi connectivity index (χ2v) is 3.31. The monoisotopic (exact) mass is 244 g/mol. The van der Waals surface area contributed by atoms with Crippen LogP contribution in [0.5, 0.6) is 0 Å². The van der Waals surface area contributed by atoms with E-state index in [4.69, 9.17) is 14.2 Å². The van der Waals surface area contributed by atoms with E-state index in [1.807, 2.05) is 0 Å². The average molecular weight is 244 g/mol. The average Bonchev–Trinajstić information content (AvgIpc) is 2.12. The molecule has 0 amide bonds. The summed E-state index contributed by atoms with van der Waals surface area (Å²) in [4.78, 5) is 33.0. The van der Waals surface area contributed by atoms with E-state index in [0.717, 1.165) is 20.8 Å². The van der Waals surface area contributed by atoms with Gasteiger partial charge in [0.1, 0.15) is 0 Å². The third-order valence-corrected chi connectivity index (χ3v) is 1.75. The molecule has 0 aromatic rings. The Balaban J connectivity index is 5.41. The van der Waals surface area contributed by atoms with Crippen LogP contribution in [0.2, 0.25) is 0 Å². The number of esters is 3. The van der Waals surface area contributed by atoms with E-state index in [-0.39, 0.29) is 5.57 Å². The Morgan fingerprint density at radius 2 is 1.12 bits per heavy atom. The van der Waals surface area contributed by atoms with E-state index in [1.165, 1.54) is 13.0 Å². The number of allylic oxidation sites excluding steroid dienone is 1. The Bertz CT molecular complexity index is 314. The first-order chi connectivity index (χ1) is 7.73. The molecular formula is C11H16O6. The lowest BCUT2D eigenvalue weighted by atomic mass is 10.2. The normalized spacial score (nSPS) is 11.7. The second kappa shape index (κ2) is 6.03. The first-order valence-corrected chi connectivity index (χ1v) is 4.95. The van der Waals surface area contributed by atoms with Gasteiger partial charge in [0.05, 0.1) is 5.57 Å². The van der Waals surface area contributed by atoms with Crippen molar-refractivity contribution in [2.75, 3.05) is 0 Å². The Morgan fingerprint density at radius 3 is 1.29 bits per heavy atom. The van der Waals surface area contributed by atoms with Crippen LogP contribution in [0.15, 0.2) is 11.6 Å². The summed E-state index contributed by atoms with van der Waals surface area (Å²) >= 11 is 0. The van der Waals surface area contributed by atoms with Gasteiger partial charge in [-0.15, -0.1) is 0 Å². The standard InChI is InChI=1S/C11H16O6/c1-6-7(2)11(15-8(3)12,16-9(4)13)17-10(5)14/h6H,1-5H3. The molecule has 0 spiro atoms. The molecule has 17 heavy (non-hydrogen) atoms. The molecule has 0 rings (SSSR count). The molecule has 0 aliphatic carbocycles. The Hall–Kier alpha value is -1.85. The van der Waals surface area contributed by atoms with Crippen LogP contribution in [0.25, 0.3) is 0 Å². The van der Waals surface area contributed by atoms with Gasteiger partial charge in [-0.1, -0.05) is 6.08 Å². The van der Waals surface area contributed by atoms with Crippen LogP contribution in [-0.4, -0.2) is 23.9 Å². The Kier molecular flexibility index (Phi) is 5.37. The number of ether oxygens (including phenoxy) is 3. The molecule has 6 heteroatoms. The summed E-state index contributed by atoms with van der Waals surface area (Å²) in [6.07, 6.45) is 1.51. The van der Waals surface area contributed by atoms with Crippen molar-refractivity contribution in [1.29, 1.82) is 0 Å². The van der Waals surface area contributed by atoms with Crippen LogP contribution in [0.4, 0.5) is 0 Å². The fourth-order valence-corrected chi connectivity index (χ4v) is 1.05. The maximum atomic E-state index is 11.0. The third kappa shape index (κ3) is 4.67. The lowest BCUT2D eigenvalue weighted by Gasteiger charge is -2.30. The van der Waals surface area contributed by atoms with E-state index in [9.17, 15) is 14.4 Å². The molecule has 0 aromatic carbocycles. The lowest BCUT2D eigenvalue weighted by Crippen LogP contribution is -2.44. The van der Waals surface area contributed by atoms with Crippen LogP contribution in [0.1, 0.15) is 34.6 Å². The fraction of sp³-hybridized carbons (Fsp3) is 0.545. The van der Waals surface area contributed by atoms with Crippen molar-refractivity contribution in [3.05, 3.63) is 11.6 Å². The predicted octanol–water partition coefficient (Wildman–Crippen LogP) is 1.30. The van der Waals surface area contributed by atoms with Gasteiger partial charge in [-0.05, 0) is 13.8 Å². The maximum absolute atomic E-state index is 11.0. The number of hydrogen-bond donors (Lipinski definition) is 0. The molecule has 0 fully saturated rings. The highest BCUT2D eigenvalue weighted by atomic mass is 16.9. The van der Waals surface area contributed by atoms with Gasteiger partial charge in [0.2, 0.25) is 0 Å². The van der Waals surface area contributed by atoms with Gasteiger partial charge >= 0.3 is 23.9 Å². The SMILES string of the molecule is CC=C(C)C(OC(C)=O)(OC(C)=O)OC(C)=O. The van der Waals surface area contributed by atoms with Crippen molar-refractivity contribution < 1.29 is 28.6 Å². The molecule has 0 N–H and O–H groups in total. The molecule has 0 radical (unpaired) electrons. The highest BCUT2D eigenvalue weighted by Crippen LogP contribution is 2.26. The Labute approximate surface area is 99.5 Å². The first-order valence-electron chi connectivity index (χ1n) is 4.95. The van der Waals surface area contributed by atoms with Crippen molar-refractivity contribution in [2.24, 2.45) is 0 Å². The summed E-state index contributed by atoms with van der Waals surface area (Å²) in [5, 5.41) is 0. The molecule has 96 valence electrons. The largest absolute Gasteiger partial charge is 0.449 e. The fourth-order valence-electron chi connectivity index (χ4n) is 1.05. The first kappa shape index (κ1) is 15.2. The van der Waals surface area contributed by atoms with Crippen LogP contribution < -0.4 is 0 Å². The summed E-state index contributed by atoms with van der Waals surface area (Å²) in [7, 11) is 0. The molecule has 0 aliphatic heterocycles. The number of carbonyl (C=O) groups excluding carboxylic acids is 3. The van der Waals surface area contributed by atoms with Gasteiger partial charge in [-0.25, -0.2) is 0 Å². The van der Waals surface area contributed by atoms with Crippen LogP contribution in [0, 0.1) is 0 Å². The molecule has 6 nitrogen and oxygen atoms in total. The van der Waals surface area contributed by atoms with Gasteiger partial charge in [-0.2, -0.15) is 0 Å². The molecular weight excluding hydrogens is 228 g/mol. The van der Waals surface area contributed by atoms with Crippen molar-refractivity contribution in [2.45, 2.75) is 40.6 Å². The minimum atomic E-state index is -2.11. The lowest BCUT2D eigenvalue weighted by molar-refractivity contribution is -0.306. The second-order valence-electron chi connectivity index (χ2n) is 3.31. The van der Waals surface area contributed by atoms with E-state index in [0.29, 0.717) is 0 Å². The van der Waals surface area contributed by atoms with Crippen molar-refractivity contribution >= 4 is 17.9 Å². The highest BCUT2D eigenvalue weighted by molar-refractivity contribution is 5.71. The van der Waals surface area contributed by atoms with Crippen LogP contribution in [-0.2, 0) is 28.6 Å². The molecule has 0 aliphatic rings. The van der Waals surface area contributed by atoms with Gasteiger partial charge in [0, 0.05) is 20.8 Å². The zero-order valence-corrected chi connectivity index (χ0v) is 10.5. The molecule has 0 saturated carbocycles. The summed E-state index contributed by atoms with van der Waals surface area (Å²) in [5.41, 5.74) is 0.276. The topological polar surface area (TPSA) is 78.9 Å².